The van der Waals surface area contributed by atoms with Crippen molar-refractivity contribution in [3.63, 3.8) is 0 Å². The number of hydrogen-bond acceptors (Lipinski definition) is 5. The second-order valence-corrected chi connectivity index (χ2v) is 10.1. The lowest BCUT2D eigenvalue weighted by atomic mass is 9.52. The maximum Gasteiger partial charge on any atom is 0.255 e. The fourth-order valence-electron chi connectivity index (χ4n) is 4.22. The van der Waals surface area contributed by atoms with E-state index in [1.54, 1.807) is 12.3 Å². The summed E-state index contributed by atoms with van der Waals surface area (Å²) in [6.07, 6.45) is 3.54. The first-order valence-electron chi connectivity index (χ1n) is 11.7. The van der Waals surface area contributed by atoms with Gasteiger partial charge in [0.1, 0.15) is 72.3 Å². The first-order valence-corrected chi connectivity index (χ1v) is 11.7. The van der Waals surface area contributed by atoms with Gasteiger partial charge in [0, 0.05) is 35.6 Å². The van der Waals surface area contributed by atoms with Crippen LogP contribution in [0.2, 0.25) is 0 Å². The molecule has 168 valence electrons. The van der Waals surface area contributed by atoms with E-state index in [2.05, 4.69) is 15.3 Å². The number of benzene rings is 1. The summed E-state index contributed by atoms with van der Waals surface area (Å²) in [5, 5.41) is 3.55. The molecule has 0 saturated carbocycles. The minimum Gasteiger partial charge on any atom is -0.515 e. The van der Waals surface area contributed by atoms with Crippen LogP contribution in [0, 0.1) is 6.92 Å². The number of ether oxygens (including phenoxy) is 1. The van der Waals surface area contributed by atoms with Crippen LogP contribution < -0.4 is 31.9 Å². The molecule has 4 rings (SSSR count). The number of imidazole rings is 1. The van der Waals surface area contributed by atoms with Gasteiger partial charge in [-0.2, -0.15) is 0 Å². The summed E-state index contributed by atoms with van der Waals surface area (Å²) in [4.78, 5) is 27.0. The fourth-order valence-corrected chi connectivity index (χ4v) is 4.22. The highest BCUT2D eigenvalue weighted by Gasteiger charge is 2.23. The molecule has 7 nitrogen and oxygen atoms in total. The Balaban J connectivity index is 1.69. The van der Waals surface area contributed by atoms with E-state index < -0.39 is 0 Å². The predicted molar refractivity (Wildman–Crippen MR) is 163 cm³/mol. The van der Waals surface area contributed by atoms with E-state index in [4.69, 9.17) is 9.72 Å². The summed E-state index contributed by atoms with van der Waals surface area (Å²) in [6.45, 7) is 1.96. The van der Waals surface area contributed by atoms with Gasteiger partial charge in [0.25, 0.3) is 5.91 Å². The number of fused-ring (bicyclic) bond motifs is 1. The Morgan fingerprint density at radius 2 is 1.66 bits per heavy atom. The van der Waals surface area contributed by atoms with Gasteiger partial charge in [-0.05, 0) is 19.1 Å². The Bertz CT molecular complexity index is 1450. The van der Waals surface area contributed by atoms with Gasteiger partial charge in [-0.1, -0.05) is 21.9 Å². The molecule has 0 atom stereocenters. The topological polar surface area (TPSA) is 81.9 Å². The zero-order valence-corrected chi connectivity index (χ0v) is 22.0. The molecule has 0 saturated heterocycles. The molecule has 0 bridgehead atoms. The molecule has 3 aromatic heterocycles. The first-order chi connectivity index (χ1) is 16.4. The van der Waals surface area contributed by atoms with Crippen LogP contribution in [-0.4, -0.2) is 85.6 Å². The van der Waals surface area contributed by atoms with E-state index in [0.29, 0.717) is 11.4 Å². The van der Waals surface area contributed by atoms with Crippen LogP contribution in [0.25, 0.3) is 22.3 Å². The number of nitrogens with zero attached hydrogens (tertiary/aromatic N) is 4. The number of rotatable bonds is 5. The molecular formula is C21H26B7N5O2. The summed E-state index contributed by atoms with van der Waals surface area (Å²) in [5.74, 6) is 2.02. The molecular weight excluding hydrogens is 430 g/mol. The average Bonchev–Trinajstić information content (AvgIpc) is 3.12. The smallest absolute Gasteiger partial charge is 0.255 e. The molecule has 14 heteroatoms. The van der Waals surface area contributed by atoms with Crippen molar-refractivity contribution in [2.45, 2.75) is 12.2 Å². The van der Waals surface area contributed by atoms with E-state index in [9.17, 15) is 4.79 Å². The van der Waals surface area contributed by atoms with Crippen LogP contribution in [-0.2, 0) is 7.05 Å². The SMILES string of the molecule is Bc1c(B)c(C(=O)Nc2cc3nc(-c4cnc(C)n4C)ccc3cn2)c(B)c(B)c1OC(B)(B)B. The van der Waals surface area contributed by atoms with Crippen molar-refractivity contribution in [3.05, 3.63) is 42.0 Å². The molecule has 0 fully saturated rings. The lowest BCUT2D eigenvalue weighted by Gasteiger charge is -2.28. The van der Waals surface area contributed by atoms with E-state index in [-0.39, 0.29) is 11.2 Å². The van der Waals surface area contributed by atoms with Gasteiger partial charge in [-0.15, -0.1) is 0 Å². The fraction of sp³-hybridized carbons (Fsp3) is 0.143. The number of nitrogens with one attached hydrogen (secondary N) is 1. The Morgan fingerprint density at radius 1 is 1.00 bits per heavy atom. The molecule has 1 amide bonds. The quantitative estimate of drug-likeness (QED) is 0.303. The number of aromatic nitrogens is 4. The minimum absolute atomic E-state index is 0.196. The van der Waals surface area contributed by atoms with Gasteiger partial charge in [-0.25, -0.2) is 15.0 Å². The lowest BCUT2D eigenvalue weighted by Crippen LogP contribution is -2.51. The number of carbonyl (C=O) groups excluding carboxylic acids is 1. The van der Waals surface area contributed by atoms with Crippen molar-refractivity contribution in [2.24, 2.45) is 7.05 Å². The van der Waals surface area contributed by atoms with Crippen molar-refractivity contribution in [1.82, 2.24) is 19.5 Å². The maximum absolute atomic E-state index is 13.4. The van der Waals surface area contributed by atoms with Crippen molar-refractivity contribution in [2.75, 3.05) is 5.32 Å². The van der Waals surface area contributed by atoms with Crippen molar-refractivity contribution >= 4 is 99.4 Å². The largest absolute Gasteiger partial charge is 0.515 e. The maximum atomic E-state index is 13.4. The number of aryl methyl sites for hydroxylation is 1. The number of amides is 1. The summed E-state index contributed by atoms with van der Waals surface area (Å²) >= 11 is 0. The molecule has 1 N–H and O–H groups in total. The summed E-state index contributed by atoms with van der Waals surface area (Å²) in [6, 6.07) is 5.74. The van der Waals surface area contributed by atoms with Gasteiger partial charge in [0.2, 0.25) is 0 Å². The van der Waals surface area contributed by atoms with Gasteiger partial charge < -0.3 is 14.6 Å². The van der Waals surface area contributed by atoms with Crippen molar-refractivity contribution in [1.29, 1.82) is 0 Å². The zero-order chi connectivity index (χ0) is 25.7. The molecule has 0 aliphatic heterocycles. The molecule has 3 heterocycles. The van der Waals surface area contributed by atoms with Crippen LogP contribution in [0.15, 0.2) is 30.6 Å². The standard InChI is InChI=1S/C21H26B7N5O2/c1-8-29-7-12(33(8)2)10-4-3-9-6-30-13(5-11(9)31-10)32-20(34)14-15(22)17(24)19(18(25)16(14)23)35-21(26,27)28/h3-7H,22-28H2,1-2H3,(H,30,32,34). The first kappa shape index (κ1) is 24.8. The molecule has 0 aliphatic rings. The summed E-state index contributed by atoms with van der Waals surface area (Å²) < 4.78 is 8.23. The molecule has 0 unspecified atom stereocenters. The molecule has 35 heavy (non-hydrogen) atoms. The third-order valence-corrected chi connectivity index (χ3v) is 6.49. The Hall–Kier alpha value is -3.29. The zero-order valence-electron chi connectivity index (χ0n) is 22.0. The van der Waals surface area contributed by atoms with Crippen LogP contribution in [0.1, 0.15) is 16.2 Å². The Morgan fingerprint density at radius 3 is 2.23 bits per heavy atom. The van der Waals surface area contributed by atoms with Crippen molar-refractivity contribution < 1.29 is 9.53 Å². The van der Waals surface area contributed by atoms with E-state index in [1.165, 1.54) is 0 Å². The summed E-state index contributed by atoms with van der Waals surface area (Å²) in [5.41, 5.74) is 6.89. The second-order valence-electron chi connectivity index (χ2n) is 10.1. The highest BCUT2D eigenvalue weighted by atomic mass is 16.5. The van der Waals surface area contributed by atoms with Crippen LogP contribution in [0.4, 0.5) is 5.82 Å². The number of hydrogen-bond donors (Lipinski definition) is 1. The molecule has 4 aromatic rings. The number of pyridine rings is 2. The van der Waals surface area contributed by atoms with E-state index in [0.717, 1.165) is 55.7 Å². The molecule has 0 spiro atoms. The van der Waals surface area contributed by atoms with E-state index >= 15 is 0 Å². The summed E-state index contributed by atoms with van der Waals surface area (Å²) in [7, 11) is 16.0. The normalized spacial score (nSPS) is 11.5. The monoisotopic (exact) mass is 457 g/mol. The third kappa shape index (κ3) is 4.79. The molecule has 1 aromatic carbocycles. The van der Waals surface area contributed by atoms with E-state index in [1.807, 2.05) is 91.8 Å². The van der Waals surface area contributed by atoms with Crippen LogP contribution in [0.3, 0.4) is 0 Å². The van der Waals surface area contributed by atoms with Crippen molar-refractivity contribution in [3.8, 4) is 17.1 Å². The molecule has 0 aliphatic carbocycles. The molecule has 0 radical (unpaired) electrons. The predicted octanol–water partition coefficient (Wildman–Crippen LogP) is -6.49. The Kier molecular flexibility index (Phi) is 6.43. The number of carbonyl (C=O) groups is 1. The van der Waals surface area contributed by atoms with Crippen LogP contribution in [0.5, 0.6) is 5.75 Å². The Labute approximate surface area is 212 Å². The highest BCUT2D eigenvalue weighted by Crippen LogP contribution is 2.22. The second kappa shape index (κ2) is 9.06. The third-order valence-electron chi connectivity index (χ3n) is 6.49. The van der Waals surface area contributed by atoms with Gasteiger partial charge >= 0.3 is 0 Å². The lowest BCUT2D eigenvalue weighted by molar-refractivity contribution is 0.102. The highest BCUT2D eigenvalue weighted by molar-refractivity contribution is 6.62. The van der Waals surface area contributed by atoms with Gasteiger partial charge in [-0.3, -0.25) is 4.79 Å². The van der Waals surface area contributed by atoms with Gasteiger partial charge in [0.15, 0.2) is 0 Å². The van der Waals surface area contributed by atoms with Gasteiger partial charge in [0.05, 0.1) is 23.1 Å². The number of anilines is 1. The average molecular weight is 456 g/mol. The van der Waals surface area contributed by atoms with Crippen LogP contribution >= 0.6 is 0 Å². The minimum atomic E-state index is -0.326.